The van der Waals surface area contributed by atoms with Gasteiger partial charge in [0.05, 0.1) is 6.54 Å². The minimum atomic E-state index is 0.280. The van der Waals surface area contributed by atoms with Crippen LogP contribution in [0.25, 0.3) is 0 Å². The number of rotatable bonds is 4. The Hall–Kier alpha value is -0.610. The molecular formula is C17H33N3O. The number of amides is 1. The van der Waals surface area contributed by atoms with E-state index in [-0.39, 0.29) is 5.91 Å². The third-order valence-electron chi connectivity index (χ3n) is 5.74. The highest BCUT2D eigenvalue weighted by Crippen LogP contribution is 2.27. The summed E-state index contributed by atoms with van der Waals surface area (Å²) < 4.78 is 0. The highest BCUT2D eigenvalue weighted by molar-refractivity contribution is 5.78. The van der Waals surface area contributed by atoms with Crippen LogP contribution >= 0.6 is 0 Å². The maximum absolute atomic E-state index is 12.6. The molecule has 2 atom stereocenters. The number of piperidine rings is 1. The molecular weight excluding hydrogens is 262 g/mol. The van der Waals surface area contributed by atoms with E-state index in [4.69, 9.17) is 5.73 Å². The molecule has 1 aliphatic carbocycles. The number of hydrogen-bond acceptors (Lipinski definition) is 3. The van der Waals surface area contributed by atoms with Crippen molar-refractivity contribution in [3.8, 4) is 0 Å². The minimum Gasteiger partial charge on any atom is -0.342 e. The number of carbonyl (C=O) groups excluding carboxylic acids is 1. The maximum Gasteiger partial charge on any atom is 0.236 e. The van der Waals surface area contributed by atoms with Crippen LogP contribution < -0.4 is 5.73 Å². The lowest BCUT2D eigenvalue weighted by atomic mass is 9.86. The van der Waals surface area contributed by atoms with E-state index in [9.17, 15) is 4.79 Å². The van der Waals surface area contributed by atoms with Gasteiger partial charge in [0.2, 0.25) is 5.91 Å². The molecule has 2 N–H and O–H groups in total. The lowest BCUT2D eigenvalue weighted by Gasteiger charge is -2.41. The zero-order valence-corrected chi connectivity index (χ0v) is 14.1. The topological polar surface area (TPSA) is 49.6 Å². The van der Waals surface area contributed by atoms with Crippen molar-refractivity contribution in [3.63, 3.8) is 0 Å². The first-order valence-corrected chi connectivity index (χ1v) is 8.72. The molecule has 0 aromatic rings. The number of likely N-dealkylation sites (N-methyl/N-ethyl adjacent to an activating group) is 1. The van der Waals surface area contributed by atoms with E-state index in [1.165, 1.54) is 38.5 Å². The first-order chi connectivity index (χ1) is 10.0. The quantitative estimate of drug-likeness (QED) is 0.864. The summed E-state index contributed by atoms with van der Waals surface area (Å²) in [6.45, 7) is 6.82. The number of likely N-dealkylation sites (tertiary alicyclic amines) is 1. The molecule has 0 radical (unpaired) electrons. The summed E-state index contributed by atoms with van der Waals surface area (Å²) in [5.74, 6) is 1.72. The Morgan fingerprint density at radius 3 is 2.48 bits per heavy atom. The summed E-state index contributed by atoms with van der Waals surface area (Å²) in [5, 5.41) is 0. The fourth-order valence-corrected chi connectivity index (χ4v) is 4.03. The molecule has 0 bridgehead atoms. The summed E-state index contributed by atoms with van der Waals surface area (Å²) in [5.41, 5.74) is 5.93. The Balaban J connectivity index is 1.87. The van der Waals surface area contributed by atoms with E-state index in [0.29, 0.717) is 31.1 Å². The van der Waals surface area contributed by atoms with E-state index in [1.54, 1.807) is 0 Å². The smallest absolute Gasteiger partial charge is 0.236 e. The van der Waals surface area contributed by atoms with E-state index in [2.05, 4.69) is 18.7 Å². The Labute approximate surface area is 130 Å². The minimum absolute atomic E-state index is 0.280. The van der Waals surface area contributed by atoms with Gasteiger partial charge < -0.3 is 10.6 Å². The number of hydrogen-bond donors (Lipinski definition) is 1. The van der Waals surface area contributed by atoms with Gasteiger partial charge in [0.25, 0.3) is 0 Å². The molecule has 1 heterocycles. The van der Waals surface area contributed by atoms with Crippen molar-refractivity contribution in [2.24, 2.45) is 17.6 Å². The van der Waals surface area contributed by atoms with Gasteiger partial charge in [-0.05, 0) is 56.9 Å². The molecule has 4 nitrogen and oxygen atoms in total. The second kappa shape index (κ2) is 7.59. The second-order valence-electron chi connectivity index (χ2n) is 7.31. The summed E-state index contributed by atoms with van der Waals surface area (Å²) in [6.07, 6.45) is 7.28. The third kappa shape index (κ3) is 4.19. The summed E-state index contributed by atoms with van der Waals surface area (Å²) in [6, 6.07) is 0.828. The summed E-state index contributed by atoms with van der Waals surface area (Å²) >= 11 is 0. The van der Waals surface area contributed by atoms with Crippen LogP contribution in [-0.2, 0) is 4.79 Å². The van der Waals surface area contributed by atoms with Crippen molar-refractivity contribution in [2.75, 3.05) is 26.7 Å². The number of nitrogens with two attached hydrogens (primary N) is 1. The van der Waals surface area contributed by atoms with Crippen LogP contribution in [0, 0.1) is 11.8 Å². The second-order valence-corrected chi connectivity index (χ2v) is 7.31. The van der Waals surface area contributed by atoms with Gasteiger partial charge in [-0.3, -0.25) is 9.69 Å². The summed E-state index contributed by atoms with van der Waals surface area (Å²) in [7, 11) is 1.99. The van der Waals surface area contributed by atoms with Gasteiger partial charge in [0.1, 0.15) is 0 Å². The summed E-state index contributed by atoms with van der Waals surface area (Å²) in [4.78, 5) is 16.9. The Morgan fingerprint density at radius 1 is 1.19 bits per heavy atom. The third-order valence-corrected chi connectivity index (χ3v) is 5.74. The predicted octanol–water partition coefficient (Wildman–Crippen LogP) is 2.08. The SMILES string of the molecule is CC1CCC(N(C)C(=O)CN2CCCC(C)C2CN)CC1. The van der Waals surface area contributed by atoms with Crippen molar-refractivity contribution in [1.29, 1.82) is 0 Å². The fourth-order valence-electron chi connectivity index (χ4n) is 4.03. The van der Waals surface area contributed by atoms with Crippen LogP contribution in [0.2, 0.25) is 0 Å². The zero-order chi connectivity index (χ0) is 15.4. The largest absolute Gasteiger partial charge is 0.342 e. The lowest BCUT2D eigenvalue weighted by molar-refractivity contribution is -0.135. The van der Waals surface area contributed by atoms with E-state index < -0.39 is 0 Å². The van der Waals surface area contributed by atoms with Crippen molar-refractivity contribution in [2.45, 2.75) is 64.5 Å². The molecule has 122 valence electrons. The van der Waals surface area contributed by atoms with E-state index in [0.717, 1.165) is 12.5 Å². The van der Waals surface area contributed by atoms with Gasteiger partial charge in [-0.1, -0.05) is 13.8 Å². The van der Waals surface area contributed by atoms with Crippen LogP contribution in [0.3, 0.4) is 0 Å². The van der Waals surface area contributed by atoms with Crippen molar-refractivity contribution in [1.82, 2.24) is 9.80 Å². The molecule has 0 spiro atoms. The normalized spacial score (nSPS) is 34.7. The molecule has 2 aliphatic rings. The fraction of sp³-hybridized carbons (Fsp3) is 0.941. The molecule has 2 fully saturated rings. The van der Waals surface area contributed by atoms with Crippen molar-refractivity contribution >= 4 is 5.91 Å². The first kappa shape index (κ1) is 16.8. The molecule has 1 saturated heterocycles. The highest BCUT2D eigenvalue weighted by atomic mass is 16.2. The highest BCUT2D eigenvalue weighted by Gasteiger charge is 2.31. The van der Waals surface area contributed by atoms with Gasteiger partial charge >= 0.3 is 0 Å². The molecule has 4 heteroatoms. The molecule has 1 amide bonds. The maximum atomic E-state index is 12.6. The molecule has 21 heavy (non-hydrogen) atoms. The van der Waals surface area contributed by atoms with Gasteiger partial charge in [-0.15, -0.1) is 0 Å². The monoisotopic (exact) mass is 295 g/mol. The van der Waals surface area contributed by atoms with Crippen LogP contribution in [-0.4, -0.2) is 54.5 Å². The zero-order valence-electron chi connectivity index (χ0n) is 14.1. The average Bonchev–Trinajstić information content (AvgIpc) is 2.47. The van der Waals surface area contributed by atoms with Crippen LogP contribution in [0.4, 0.5) is 0 Å². The van der Waals surface area contributed by atoms with E-state index in [1.807, 2.05) is 11.9 Å². The lowest BCUT2D eigenvalue weighted by Crippen LogP contribution is -2.53. The molecule has 2 rings (SSSR count). The van der Waals surface area contributed by atoms with Gasteiger partial charge in [0, 0.05) is 25.7 Å². The van der Waals surface area contributed by atoms with Gasteiger partial charge in [-0.25, -0.2) is 0 Å². The Kier molecular flexibility index (Phi) is 6.06. The molecule has 1 saturated carbocycles. The van der Waals surface area contributed by atoms with Crippen LogP contribution in [0.15, 0.2) is 0 Å². The van der Waals surface area contributed by atoms with E-state index >= 15 is 0 Å². The standard InChI is InChI=1S/C17H33N3O/c1-13-6-8-15(9-7-13)19(3)17(21)12-20-10-4-5-14(2)16(20)11-18/h13-16H,4-12,18H2,1-3H3. The Bertz CT molecular complexity index is 339. The molecule has 0 aromatic heterocycles. The van der Waals surface area contributed by atoms with Gasteiger partial charge in [0.15, 0.2) is 0 Å². The molecule has 2 unspecified atom stereocenters. The first-order valence-electron chi connectivity index (χ1n) is 8.72. The number of carbonyl (C=O) groups is 1. The van der Waals surface area contributed by atoms with Gasteiger partial charge in [-0.2, -0.15) is 0 Å². The Morgan fingerprint density at radius 2 is 1.86 bits per heavy atom. The number of nitrogens with zero attached hydrogens (tertiary/aromatic N) is 2. The van der Waals surface area contributed by atoms with Crippen LogP contribution in [0.5, 0.6) is 0 Å². The molecule has 0 aromatic carbocycles. The van der Waals surface area contributed by atoms with Crippen molar-refractivity contribution < 1.29 is 4.79 Å². The van der Waals surface area contributed by atoms with Crippen molar-refractivity contribution in [3.05, 3.63) is 0 Å². The van der Waals surface area contributed by atoms with Crippen LogP contribution in [0.1, 0.15) is 52.4 Å². The predicted molar refractivity (Wildman–Crippen MR) is 87.0 cm³/mol. The molecule has 1 aliphatic heterocycles. The average molecular weight is 295 g/mol.